The molecule has 1 aromatic carbocycles. The van der Waals surface area contributed by atoms with Crippen LogP contribution in [0.3, 0.4) is 0 Å². The van der Waals surface area contributed by atoms with Crippen molar-refractivity contribution in [1.29, 1.82) is 0 Å². The number of rotatable bonds is 2. The highest BCUT2D eigenvalue weighted by Gasteiger charge is 2.10. The lowest BCUT2D eigenvalue weighted by Crippen LogP contribution is -2.01. The Morgan fingerprint density at radius 1 is 1.62 bits per heavy atom. The molecular formula is C8H8INO3. The van der Waals surface area contributed by atoms with E-state index in [1.54, 1.807) is 0 Å². The van der Waals surface area contributed by atoms with Crippen molar-refractivity contribution in [2.75, 3.05) is 12.8 Å². The largest absolute Gasteiger partial charge is 0.495 e. The number of carbonyl (C=O) groups is 1. The van der Waals surface area contributed by atoms with Crippen LogP contribution in [0.15, 0.2) is 12.1 Å². The van der Waals surface area contributed by atoms with Crippen LogP contribution < -0.4 is 10.5 Å². The molecule has 13 heavy (non-hydrogen) atoms. The van der Waals surface area contributed by atoms with Gasteiger partial charge in [0.25, 0.3) is 0 Å². The quantitative estimate of drug-likeness (QED) is 0.641. The first-order chi connectivity index (χ1) is 6.06. The summed E-state index contributed by atoms with van der Waals surface area (Å²) in [6, 6.07) is 2.90. The van der Waals surface area contributed by atoms with Gasteiger partial charge in [0.05, 0.1) is 18.4 Å². The predicted molar refractivity (Wildman–Crippen MR) is 57.1 cm³/mol. The third-order valence-electron chi connectivity index (χ3n) is 1.56. The first-order valence-corrected chi connectivity index (χ1v) is 4.50. The Kier molecular flexibility index (Phi) is 2.97. The zero-order valence-electron chi connectivity index (χ0n) is 6.87. The number of carboxylic acids is 1. The van der Waals surface area contributed by atoms with Crippen LogP contribution in [0.5, 0.6) is 5.75 Å². The van der Waals surface area contributed by atoms with Gasteiger partial charge in [-0.3, -0.25) is 0 Å². The average molecular weight is 293 g/mol. The van der Waals surface area contributed by atoms with Crippen LogP contribution in [0.4, 0.5) is 5.69 Å². The van der Waals surface area contributed by atoms with Gasteiger partial charge in [0, 0.05) is 3.57 Å². The number of benzene rings is 1. The van der Waals surface area contributed by atoms with Crippen molar-refractivity contribution >= 4 is 34.2 Å². The van der Waals surface area contributed by atoms with Gasteiger partial charge in [-0.15, -0.1) is 0 Å². The topological polar surface area (TPSA) is 72.5 Å². The lowest BCUT2D eigenvalue weighted by atomic mass is 10.2. The fourth-order valence-corrected chi connectivity index (χ4v) is 1.49. The molecule has 0 fully saturated rings. The number of anilines is 1. The van der Waals surface area contributed by atoms with Crippen molar-refractivity contribution in [2.24, 2.45) is 0 Å². The molecule has 70 valence electrons. The number of aromatic carboxylic acids is 1. The lowest BCUT2D eigenvalue weighted by Gasteiger charge is -2.07. The molecule has 0 atom stereocenters. The highest BCUT2D eigenvalue weighted by atomic mass is 127. The monoisotopic (exact) mass is 293 g/mol. The van der Waals surface area contributed by atoms with E-state index in [0.717, 1.165) is 0 Å². The van der Waals surface area contributed by atoms with Gasteiger partial charge in [0.2, 0.25) is 0 Å². The number of methoxy groups -OCH3 is 1. The van der Waals surface area contributed by atoms with E-state index in [1.807, 2.05) is 22.6 Å². The first-order valence-electron chi connectivity index (χ1n) is 3.42. The van der Waals surface area contributed by atoms with Crippen molar-refractivity contribution in [1.82, 2.24) is 0 Å². The molecule has 0 saturated heterocycles. The van der Waals surface area contributed by atoms with Gasteiger partial charge in [0.15, 0.2) is 0 Å². The number of ether oxygens (including phenoxy) is 1. The second kappa shape index (κ2) is 3.82. The maximum Gasteiger partial charge on any atom is 0.335 e. The summed E-state index contributed by atoms with van der Waals surface area (Å²) in [5, 5.41) is 8.72. The Bertz CT molecular complexity index is 351. The Morgan fingerprint density at radius 3 is 2.69 bits per heavy atom. The number of hydrogen-bond acceptors (Lipinski definition) is 3. The molecule has 0 radical (unpaired) electrons. The lowest BCUT2D eigenvalue weighted by molar-refractivity contribution is 0.0696. The fourth-order valence-electron chi connectivity index (χ4n) is 0.885. The molecule has 0 aliphatic rings. The van der Waals surface area contributed by atoms with Crippen LogP contribution in [-0.4, -0.2) is 18.2 Å². The zero-order chi connectivity index (χ0) is 10.0. The maximum atomic E-state index is 10.6. The Labute approximate surface area is 88.8 Å². The van der Waals surface area contributed by atoms with Crippen molar-refractivity contribution in [2.45, 2.75) is 0 Å². The molecule has 0 heterocycles. The highest BCUT2D eigenvalue weighted by molar-refractivity contribution is 14.1. The molecule has 0 aliphatic heterocycles. The molecule has 1 aromatic rings. The molecule has 0 amide bonds. The number of nitrogen functional groups attached to an aromatic ring is 1. The summed E-state index contributed by atoms with van der Waals surface area (Å²) in [6.07, 6.45) is 0. The van der Waals surface area contributed by atoms with Crippen molar-refractivity contribution in [3.05, 3.63) is 21.3 Å². The van der Waals surface area contributed by atoms with Crippen LogP contribution in [0.25, 0.3) is 0 Å². The maximum absolute atomic E-state index is 10.6. The normalized spacial score (nSPS) is 9.69. The summed E-state index contributed by atoms with van der Waals surface area (Å²) < 4.78 is 5.60. The molecule has 1 rings (SSSR count). The summed E-state index contributed by atoms with van der Waals surface area (Å²) in [4.78, 5) is 10.6. The third-order valence-corrected chi connectivity index (χ3v) is 2.45. The smallest absolute Gasteiger partial charge is 0.335 e. The van der Waals surface area contributed by atoms with Gasteiger partial charge in [-0.25, -0.2) is 4.79 Å². The van der Waals surface area contributed by atoms with E-state index in [2.05, 4.69) is 0 Å². The van der Waals surface area contributed by atoms with E-state index in [-0.39, 0.29) is 5.56 Å². The van der Waals surface area contributed by atoms with Crippen LogP contribution in [-0.2, 0) is 0 Å². The molecule has 0 unspecified atom stereocenters. The Morgan fingerprint density at radius 2 is 2.23 bits per heavy atom. The fraction of sp³-hybridized carbons (Fsp3) is 0.125. The molecule has 0 bridgehead atoms. The number of nitrogens with two attached hydrogens (primary N) is 1. The molecule has 0 aliphatic carbocycles. The van der Waals surface area contributed by atoms with E-state index in [4.69, 9.17) is 15.6 Å². The summed E-state index contributed by atoms with van der Waals surface area (Å²) in [5.41, 5.74) is 6.28. The predicted octanol–water partition coefficient (Wildman–Crippen LogP) is 1.58. The molecule has 3 N–H and O–H groups in total. The van der Waals surface area contributed by atoms with Crippen molar-refractivity contribution < 1.29 is 14.6 Å². The Hall–Kier alpha value is -0.980. The SMILES string of the molecule is COc1cc(C(=O)O)cc(I)c1N. The van der Waals surface area contributed by atoms with Crippen LogP contribution in [0.1, 0.15) is 10.4 Å². The molecule has 0 saturated carbocycles. The standard InChI is InChI=1S/C8H8INO3/c1-13-6-3-4(8(11)12)2-5(9)7(6)10/h2-3H,10H2,1H3,(H,11,12). The van der Waals surface area contributed by atoms with Gasteiger partial charge in [-0.1, -0.05) is 0 Å². The van der Waals surface area contributed by atoms with Gasteiger partial charge in [-0.2, -0.15) is 0 Å². The van der Waals surface area contributed by atoms with E-state index in [0.29, 0.717) is 15.0 Å². The van der Waals surface area contributed by atoms with Gasteiger partial charge in [-0.05, 0) is 34.7 Å². The molecule has 4 nitrogen and oxygen atoms in total. The van der Waals surface area contributed by atoms with Gasteiger partial charge < -0.3 is 15.6 Å². The average Bonchev–Trinajstić information content (AvgIpc) is 2.09. The second-order valence-corrected chi connectivity index (χ2v) is 3.54. The first kappa shape index (κ1) is 10.1. The summed E-state index contributed by atoms with van der Waals surface area (Å²) in [7, 11) is 1.45. The number of carboxylic acid groups (broad SMARTS) is 1. The molecule has 0 spiro atoms. The van der Waals surface area contributed by atoms with Gasteiger partial charge in [0.1, 0.15) is 5.75 Å². The molecule has 0 aromatic heterocycles. The van der Waals surface area contributed by atoms with Crippen LogP contribution in [0, 0.1) is 3.57 Å². The summed E-state index contributed by atoms with van der Waals surface area (Å²) >= 11 is 1.96. The number of hydrogen-bond donors (Lipinski definition) is 2. The summed E-state index contributed by atoms with van der Waals surface area (Å²) in [5.74, 6) is -0.597. The Balaban J connectivity index is 3.30. The number of halogens is 1. The second-order valence-electron chi connectivity index (χ2n) is 2.38. The van der Waals surface area contributed by atoms with Crippen molar-refractivity contribution in [3.63, 3.8) is 0 Å². The molecule has 5 heteroatoms. The zero-order valence-corrected chi connectivity index (χ0v) is 9.03. The van der Waals surface area contributed by atoms with E-state index in [9.17, 15) is 4.79 Å². The van der Waals surface area contributed by atoms with Crippen LogP contribution in [0.2, 0.25) is 0 Å². The molecular weight excluding hydrogens is 285 g/mol. The van der Waals surface area contributed by atoms with E-state index >= 15 is 0 Å². The third kappa shape index (κ3) is 2.03. The minimum Gasteiger partial charge on any atom is -0.495 e. The summed E-state index contributed by atoms with van der Waals surface area (Å²) in [6.45, 7) is 0. The minimum absolute atomic E-state index is 0.176. The van der Waals surface area contributed by atoms with Gasteiger partial charge >= 0.3 is 5.97 Å². The van der Waals surface area contributed by atoms with E-state index in [1.165, 1.54) is 19.2 Å². The highest BCUT2D eigenvalue weighted by Crippen LogP contribution is 2.28. The van der Waals surface area contributed by atoms with Crippen molar-refractivity contribution in [3.8, 4) is 5.75 Å². The van der Waals surface area contributed by atoms with Crippen LogP contribution >= 0.6 is 22.6 Å². The van der Waals surface area contributed by atoms with E-state index < -0.39 is 5.97 Å². The minimum atomic E-state index is -0.990.